The van der Waals surface area contributed by atoms with Gasteiger partial charge in [-0.15, -0.1) is 0 Å². The van der Waals surface area contributed by atoms with Crippen molar-refractivity contribution in [3.8, 4) is 0 Å². The number of carbonyl (C=O) groups is 1. The van der Waals surface area contributed by atoms with Crippen molar-refractivity contribution >= 4 is 39.1 Å². The Morgan fingerprint density at radius 1 is 1.29 bits per heavy atom. The zero-order chi connectivity index (χ0) is 15.6. The first-order valence-electron chi connectivity index (χ1n) is 6.55. The Balaban J connectivity index is 2.22. The lowest BCUT2D eigenvalue weighted by atomic mass is 10.1. The van der Waals surface area contributed by atoms with Crippen LogP contribution < -0.4 is 10.0 Å². The molecule has 1 saturated heterocycles. The summed E-state index contributed by atoms with van der Waals surface area (Å²) in [6, 6.07) is 2.61. The highest BCUT2D eigenvalue weighted by molar-refractivity contribution is 7.89. The van der Waals surface area contributed by atoms with Gasteiger partial charge in [0.15, 0.2) is 0 Å². The van der Waals surface area contributed by atoms with E-state index in [1.807, 2.05) is 0 Å². The standard InChI is InChI=1S/C13H16Cl2N2O3S/c1-8-10(14)3-4-11(13(8)15)21(19,20)17-9-2-5-12(18)16-7-6-9/h3-4,9,17H,2,5-7H2,1H3,(H,16,18). The van der Waals surface area contributed by atoms with Crippen LogP contribution in [0.1, 0.15) is 24.8 Å². The van der Waals surface area contributed by atoms with Crippen molar-refractivity contribution in [2.24, 2.45) is 0 Å². The lowest BCUT2D eigenvalue weighted by Crippen LogP contribution is -2.35. The molecule has 5 nitrogen and oxygen atoms in total. The summed E-state index contributed by atoms with van der Waals surface area (Å²) in [5.74, 6) is -0.0583. The van der Waals surface area contributed by atoms with Gasteiger partial charge in [-0.1, -0.05) is 23.2 Å². The molecular weight excluding hydrogens is 335 g/mol. The highest BCUT2D eigenvalue weighted by Crippen LogP contribution is 2.30. The van der Waals surface area contributed by atoms with Gasteiger partial charge in [-0.3, -0.25) is 4.79 Å². The van der Waals surface area contributed by atoms with E-state index in [2.05, 4.69) is 10.0 Å². The van der Waals surface area contributed by atoms with Gasteiger partial charge >= 0.3 is 0 Å². The summed E-state index contributed by atoms with van der Waals surface area (Å²) in [5.41, 5.74) is 0.527. The molecule has 116 valence electrons. The second kappa shape index (κ2) is 6.52. The van der Waals surface area contributed by atoms with E-state index in [9.17, 15) is 13.2 Å². The van der Waals surface area contributed by atoms with E-state index >= 15 is 0 Å². The molecule has 21 heavy (non-hydrogen) atoms. The van der Waals surface area contributed by atoms with Crippen molar-refractivity contribution < 1.29 is 13.2 Å². The number of hydrogen-bond donors (Lipinski definition) is 2. The van der Waals surface area contributed by atoms with Crippen LogP contribution in [0.3, 0.4) is 0 Å². The third-order valence-corrected chi connectivity index (χ3v) is 6.00. The summed E-state index contributed by atoms with van der Waals surface area (Å²) in [6.45, 7) is 2.12. The van der Waals surface area contributed by atoms with Gasteiger partial charge in [0.1, 0.15) is 4.90 Å². The molecule has 0 saturated carbocycles. The molecule has 1 aromatic rings. The molecule has 2 N–H and O–H groups in total. The summed E-state index contributed by atoms with van der Waals surface area (Å²) in [7, 11) is -3.74. The van der Waals surface area contributed by atoms with Crippen LogP contribution in [0, 0.1) is 6.92 Å². The van der Waals surface area contributed by atoms with Crippen LogP contribution in [0.4, 0.5) is 0 Å². The van der Waals surface area contributed by atoms with Gasteiger partial charge in [0.05, 0.1) is 5.02 Å². The average molecular weight is 351 g/mol. The van der Waals surface area contributed by atoms with Crippen LogP contribution in [0.25, 0.3) is 0 Å². The number of rotatable bonds is 3. The summed E-state index contributed by atoms with van der Waals surface area (Å²) in [6.07, 6.45) is 1.32. The summed E-state index contributed by atoms with van der Waals surface area (Å²) in [5, 5.41) is 3.25. The quantitative estimate of drug-likeness (QED) is 0.877. The molecule has 1 unspecified atom stereocenters. The number of amides is 1. The Labute approximate surface area is 134 Å². The molecule has 2 rings (SSSR count). The fourth-order valence-electron chi connectivity index (χ4n) is 2.17. The van der Waals surface area contributed by atoms with Gasteiger partial charge in [-0.05, 0) is 37.5 Å². The number of sulfonamides is 1. The Morgan fingerprint density at radius 2 is 2.00 bits per heavy atom. The molecule has 8 heteroatoms. The van der Waals surface area contributed by atoms with Crippen molar-refractivity contribution in [2.45, 2.75) is 37.1 Å². The van der Waals surface area contributed by atoms with Crippen LogP contribution in [-0.4, -0.2) is 26.9 Å². The van der Waals surface area contributed by atoms with E-state index in [-0.39, 0.29) is 21.9 Å². The largest absolute Gasteiger partial charge is 0.356 e. The van der Waals surface area contributed by atoms with Crippen LogP contribution in [0.2, 0.25) is 10.0 Å². The number of halogens is 2. The molecule has 0 bridgehead atoms. The molecule has 1 aliphatic heterocycles. The van der Waals surface area contributed by atoms with E-state index in [1.165, 1.54) is 12.1 Å². The van der Waals surface area contributed by atoms with Crippen molar-refractivity contribution in [1.29, 1.82) is 0 Å². The number of benzene rings is 1. The molecule has 0 radical (unpaired) electrons. The van der Waals surface area contributed by atoms with Gasteiger partial charge < -0.3 is 5.32 Å². The topological polar surface area (TPSA) is 75.3 Å². The van der Waals surface area contributed by atoms with Crippen molar-refractivity contribution in [3.63, 3.8) is 0 Å². The van der Waals surface area contributed by atoms with Crippen LogP contribution >= 0.6 is 23.2 Å². The molecule has 1 heterocycles. The van der Waals surface area contributed by atoms with Gasteiger partial charge in [0, 0.05) is 24.0 Å². The SMILES string of the molecule is Cc1c(Cl)ccc(S(=O)(=O)NC2CCNC(=O)CC2)c1Cl. The van der Waals surface area contributed by atoms with Crippen LogP contribution in [0.15, 0.2) is 17.0 Å². The second-order valence-electron chi connectivity index (χ2n) is 4.98. The summed E-state index contributed by atoms with van der Waals surface area (Å²) >= 11 is 12.0. The normalized spacial score (nSPS) is 20.0. The lowest BCUT2D eigenvalue weighted by Gasteiger charge is -2.17. The fourth-order valence-corrected chi connectivity index (χ4v) is 4.28. The minimum Gasteiger partial charge on any atom is -0.356 e. The zero-order valence-corrected chi connectivity index (χ0v) is 13.8. The number of carbonyl (C=O) groups excluding carboxylic acids is 1. The molecule has 1 atom stereocenters. The molecular formula is C13H16Cl2N2O3S. The van der Waals surface area contributed by atoms with E-state index in [0.717, 1.165) is 0 Å². The minimum atomic E-state index is -3.74. The van der Waals surface area contributed by atoms with Crippen molar-refractivity contribution in [3.05, 3.63) is 27.7 Å². The number of hydrogen-bond acceptors (Lipinski definition) is 3. The average Bonchev–Trinajstić information content (AvgIpc) is 2.60. The fraction of sp³-hybridized carbons (Fsp3) is 0.462. The first-order chi connectivity index (χ1) is 9.81. The highest BCUT2D eigenvalue weighted by atomic mass is 35.5. The first kappa shape index (κ1) is 16.5. The Kier molecular flexibility index (Phi) is 5.14. The van der Waals surface area contributed by atoms with E-state index < -0.39 is 10.0 Å². The predicted molar refractivity (Wildman–Crippen MR) is 82.2 cm³/mol. The summed E-state index contributed by atoms with van der Waals surface area (Å²) < 4.78 is 27.5. The molecule has 1 aliphatic rings. The van der Waals surface area contributed by atoms with Gasteiger partial charge in [-0.25, -0.2) is 13.1 Å². The Bertz CT molecular complexity index is 662. The van der Waals surface area contributed by atoms with Gasteiger partial charge in [0.25, 0.3) is 0 Å². The molecule has 0 aliphatic carbocycles. The predicted octanol–water partition coefficient (Wildman–Crippen LogP) is 2.25. The molecule has 1 aromatic carbocycles. The first-order valence-corrected chi connectivity index (χ1v) is 8.79. The van der Waals surface area contributed by atoms with Crippen LogP contribution in [-0.2, 0) is 14.8 Å². The van der Waals surface area contributed by atoms with Crippen molar-refractivity contribution in [2.75, 3.05) is 6.54 Å². The van der Waals surface area contributed by atoms with E-state index in [0.29, 0.717) is 36.4 Å². The minimum absolute atomic E-state index is 0.00889. The maximum atomic E-state index is 12.4. The highest BCUT2D eigenvalue weighted by Gasteiger charge is 2.25. The van der Waals surface area contributed by atoms with Gasteiger partial charge in [-0.2, -0.15) is 0 Å². The molecule has 0 aromatic heterocycles. The third kappa shape index (κ3) is 3.88. The Morgan fingerprint density at radius 3 is 2.71 bits per heavy atom. The van der Waals surface area contributed by atoms with Crippen LogP contribution in [0.5, 0.6) is 0 Å². The monoisotopic (exact) mass is 350 g/mol. The smallest absolute Gasteiger partial charge is 0.242 e. The van der Waals surface area contributed by atoms with Crippen molar-refractivity contribution in [1.82, 2.24) is 10.0 Å². The Hall–Kier alpha value is -0.820. The summed E-state index contributed by atoms with van der Waals surface area (Å²) in [4.78, 5) is 11.3. The lowest BCUT2D eigenvalue weighted by molar-refractivity contribution is -0.120. The zero-order valence-electron chi connectivity index (χ0n) is 11.4. The maximum Gasteiger partial charge on any atom is 0.242 e. The third-order valence-electron chi connectivity index (χ3n) is 3.43. The van der Waals surface area contributed by atoms with E-state index in [4.69, 9.17) is 23.2 Å². The van der Waals surface area contributed by atoms with Gasteiger partial charge in [0.2, 0.25) is 15.9 Å². The maximum absolute atomic E-state index is 12.4. The molecule has 0 spiro atoms. The molecule has 1 fully saturated rings. The molecule has 1 amide bonds. The number of nitrogens with one attached hydrogen (secondary N) is 2. The van der Waals surface area contributed by atoms with E-state index in [1.54, 1.807) is 6.92 Å². The second-order valence-corrected chi connectivity index (χ2v) is 7.45.